The molecule has 1 aliphatic heterocycles. The van der Waals surface area contributed by atoms with Gasteiger partial charge in [0.15, 0.2) is 0 Å². The summed E-state index contributed by atoms with van der Waals surface area (Å²) in [5.41, 5.74) is 0.738. The summed E-state index contributed by atoms with van der Waals surface area (Å²) in [6, 6.07) is 11.6. The third-order valence-electron chi connectivity index (χ3n) is 4.16. The number of sulfonamides is 1. The van der Waals surface area contributed by atoms with Gasteiger partial charge >= 0.3 is 5.97 Å². The number of rotatable bonds is 5. The maximum atomic E-state index is 12.5. The van der Waals surface area contributed by atoms with Crippen LogP contribution in [0.4, 0.5) is 5.69 Å². The van der Waals surface area contributed by atoms with Gasteiger partial charge in [-0.3, -0.25) is 9.69 Å². The molecular weight excluding hydrogens is 400 g/mol. The topological polar surface area (TPSA) is 107 Å². The van der Waals surface area contributed by atoms with E-state index in [-0.39, 0.29) is 33.4 Å². The quantitative estimate of drug-likeness (QED) is 0.748. The summed E-state index contributed by atoms with van der Waals surface area (Å²) in [6.45, 7) is 3.90. The number of methoxy groups -OCH3 is 1. The average molecular weight is 418 g/mol. The van der Waals surface area contributed by atoms with Crippen molar-refractivity contribution in [3.8, 4) is 0 Å². The number of hydrogen-bond donors (Lipinski definition) is 1. The van der Waals surface area contributed by atoms with Crippen molar-refractivity contribution < 1.29 is 22.7 Å². The Morgan fingerprint density at radius 1 is 1.21 bits per heavy atom. The molecule has 3 rings (SSSR count). The first-order chi connectivity index (χ1) is 13.2. The molecule has 0 atom stereocenters. The minimum Gasteiger partial charge on any atom is -0.465 e. The highest BCUT2D eigenvalue weighted by Crippen LogP contribution is 2.43. The van der Waals surface area contributed by atoms with Crippen molar-refractivity contribution in [3.05, 3.63) is 60.3 Å². The highest BCUT2D eigenvalue weighted by Gasteiger charge is 2.32. The van der Waals surface area contributed by atoms with E-state index >= 15 is 0 Å². The SMILES string of the molecule is C=C1CCC(=O)N1c1cc(C(=O)OC)cc(S(N)(=O)=O)c1Sc1ccccc1. The predicted octanol–water partition coefficient (Wildman–Crippen LogP) is 2.91. The van der Waals surface area contributed by atoms with Crippen LogP contribution in [-0.2, 0) is 19.6 Å². The van der Waals surface area contributed by atoms with Crippen molar-refractivity contribution in [1.29, 1.82) is 0 Å². The van der Waals surface area contributed by atoms with E-state index < -0.39 is 16.0 Å². The Labute approximate surface area is 167 Å². The third kappa shape index (κ3) is 3.96. The Bertz CT molecular complexity index is 1050. The maximum Gasteiger partial charge on any atom is 0.337 e. The van der Waals surface area contributed by atoms with E-state index in [0.717, 1.165) is 16.7 Å². The van der Waals surface area contributed by atoms with Crippen molar-refractivity contribution in [1.82, 2.24) is 0 Å². The fourth-order valence-electron chi connectivity index (χ4n) is 2.87. The van der Waals surface area contributed by atoms with Crippen molar-refractivity contribution >= 4 is 39.3 Å². The van der Waals surface area contributed by atoms with Crippen LogP contribution in [0.5, 0.6) is 0 Å². The summed E-state index contributed by atoms with van der Waals surface area (Å²) in [5.74, 6) is -0.970. The highest BCUT2D eigenvalue weighted by molar-refractivity contribution is 8.00. The molecule has 28 heavy (non-hydrogen) atoms. The van der Waals surface area contributed by atoms with E-state index in [9.17, 15) is 18.0 Å². The van der Waals surface area contributed by atoms with Gasteiger partial charge in [0.25, 0.3) is 0 Å². The normalized spacial score (nSPS) is 14.4. The lowest BCUT2D eigenvalue weighted by Crippen LogP contribution is -2.25. The molecule has 1 heterocycles. The molecule has 1 saturated heterocycles. The van der Waals surface area contributed by atoms with Crippen LogP contribution in [0.2, 0.25) is 0 Å². The molecular formula is C19H18N2O5S2. The number of primary sulfonamides is 1. The van der Waals surface area contributed by atoms with Crippen LogP contribution in [0.25, 0.3) is 0 Å². The lowest BCUT2D eigenvalue weighted by Gasteiger charge is -2.23. The molecule has 7 nitrogen and oxygen atoms in total. The molecule has 9 heteroatoms. The van der Waals surface area contributed by atoms with Crippen LogP contribution in [0.1, 0.15) is 23.2 Å². The average Bonchev–Trinajstić information content (AvgIpc) is 2.99. The molecule has 0 radical (unpaired) electrons. The van der Waals surface area contributed by atoms with Crippen LogP contribution in [0.3, 0.4) is 0 Å². The van der Waals surface area contributed by atoms with E-state index in [1.165, 1.54) is 24.1 Å². The molecule has 0 saturated carbocycles. The zero-order valence-electron chi connectivity index (χ0n) is 15.0. The molecule has 1 fully saturated rings. The molecule has 0 bridgehead atoms. The van der Waals surface area contributed by atoms with Gasteiger partial charge in [0.1, 0.15) is 0 Å². The first-order valence-electron chi connectivity index (χ1n) is 8.25. The van der Waals surface area contributed by atoms with Gasteiger partial charge in [-0.1, -0.05) is 36.5 Å². The number of hydrogen-bond acceptors (Lipinski definition) is 6. The summed E-state index contributed by atoms with van der Waals surface area (Å²) in [5, 5.41) is 5.44. The van der Waals surface area contributed by atoms with Crippen LogP contribution in [0.15, 0.2) is 69.4 Å². The zero-order chi connectivity index (χ0) is 20.5. The minimum atomic E-state index is -4.20. The Hall–Kier alpha value is -2.62. The first-order valence-corrected chi connectivity index (χ1v) is 10.6. The summed E-state index contributed by atoms with van der Waals surface area (Å²) in [7, 11) is -3.02. The van der Waals surface area contributed by atoms with Gasteiger partial charge in [-0.25, -0.2) is 18.4 Å². The molecule has 0 spiro atoms. The van der Waals surface area contributed by atoms with E-state index in [0.29, 0.717) is 12.1 Å². The molecule has 2 aromatic rings. The maximum absolute atomic E-state index is 12.5. The van der Waals surface area contributed by atoms with Crippen molar-refractivity contribution in [3.63, 3.8) is 0 Å². The lowest BCUT2D eigenvalue weighted by atomic mass is 10.2. The van der Waals surface area contributed by atoms with Gasteiger partial charge in [-0.05, 0) is 30.7 Å². The molecule has 146 valence electrons. The summed E-state index contributed by atoms with van der Waals surface area (Å²) in [4.78, 5) is 26.6. The number of anilines is 1. The molecule has 0 unspecified atom stereocenters. The summed E-state index contributed by atoms with van der Waals surface area (Å²) >= 11 is 1.14. The molecule has 1 aliphatic rings. The molecule has 2 N–H and O–H groups in total. The second-order valence-electron chi connectivity index (χ2n) is 6.07. The van der Waals surface area contributed by atoms with Gasteiger partial charge in [-0.2, -0.15) is 0 Å². The number of nitrogens with two attached hydrogens (primary N) is 1. The van der Waals surface area contributed by atoms with Crippen LogP contribution >= 0.6 is 11.8 Å². The number of amides is 1. The first kappa shape index (κ1) is 20.1. The summed E-state index contributed by atoms with van der Waals surface area (Å²) in [6.07, 6.45) is 0.697. The van der Waals surface area contributed by atoms with Gasteiger partial charge < -0.3 is 4.74 Å². The largest absolute Gasteiger partial charge is 0.465 e. The lowest BCUT2D eigenvalue weighted by molar-refractivity contribution is -0.116. The number of allylic oxidation sites excluding steroid dienone is 1. The van der Waals surface area contributed by atoms with Crippen molar-refractivity contribution in [2.24, 2.45) is 5.14 Å². The number of ether oxygens (including phenoxy) is 1. The van der Waals surface area contributed by atoms with Crippen molar-refractivity contribution in [2.75, 3.05) is 12.0 Å². The predicted molar refractivity (Wildman–Crippen MR) is 106 cm³/mol. The fraction of sp³-hybridized carbons (Fsp3) is 0.158. The van der Waals surface area contributed by atoms with Crippen LogP contribution in [-0.4, -0.2) is 27.4 Å². The smallest absolute Gasteiger partial charge is 0.337 e. The molecule has 0 aliphatic carbocycles. The Balaban J connectivity index is 2.31. The number of carbonyl (C=O) groups is 2. The Morgan fingerprint density at radius 2 is 1.89 bits per heavy atom. The Morgan fingerprint density at radius 3 is 2.43 bits per heavy atom. The van der Waals surface area contributed by atoms with Gasteiger partial charge in [0, 0.05) is 17.0 Å². The molecule has 0 aromatic heterocycles. The number of benzene rings is 2. The standard InChI is InChI=1S/C19H18N2O5S2/c1-12-8-9-17(22)21(12)15-10-13(19(23)26-2)11-16(28(20,24)25)18(15)27-14-6-4-3-5-7-14/h3-7,10-11H,1,8-9H2,2H3,(H2,20,24,25). The van der Waals surface area contributed by atoms with Crippen LogP contribution < -0.4 is 10.0 Å². The van der Waals surface area contributed by atoms with Crippen LogP contribution in [0, 0.1) is 0 Å². The van der Waals surface area contributed by atoms with Gasteiger partial charge in [0.2, 0.25) is 15.9 Å². The highest BCUT2D eigenvalue weighted by atomic mass is 32.2. The number of esters is 1. The van der Waals surface area contributed by atoms with E-state index in [1.54, 1.807) is 24.3 Å². The third-order valence-corrected chi connectivity index (χ3v) is 6.37. The van der Waals surface area contributed by atoms with Gasteiger partial charge in [0.05, 0.1) is 28.2 Å². The zero-order valence-corrected chi connectivity index (χ0v) is 16.7. The number of carbonyl (C=O) groups excluding carboxylic acids is 2. The second-order valence-corrected chi connectivity index (χ2v) is 8.68. The molecule has 2 aromatic carbocycles. The van der Waals surface area contributed by atoms with E-state index in [4.69, 9.17) is 9.88 Å². The minimum absolute atomic E-state index is 0.0218. The summed E-state index contributed by atoms with van der Waals surface area (Å²) < 4.78 is 29.4. The Kier molecular flexibility index (Phi) is 5.59. The molecule has 1 amide bonds. The van der Waals surface area contributed by atoms with Crippen molar-refractivity contribution in [2.45, 2.75) is 27.5 Å². The second kappa shape index (κ2) is 7.78. The monoisotopic (exact) mass is 418 g/mol. The van der Waals surface area contributed by atoms with E-state index in [1.807, 2.05) is 6.07 Å². The van der Waals surface area contributed by atoms with E-state index in [2.05, 4.69) is 6.58 Å². The fourth-order valence-corrected chi connectivity index (χ4v) is 4.94. The van der Waals surface area contributed by atoms with Gasteiger partial charge in [-0.15, -0.1) is 0 Å². The number of nitrogens with zero attached hydrogens (tertiary/aromatic N) is 1.